The molecule has 4 rings (SSSR count). The van der Waals surface area contributed by atoms with Gasteiger partial charge in [-0.1, -0.05) is 0 Å². The number of amides is 2. The Kier molecular flexibility index (Phi) is 3.63. The Bertz CT molecular complexity index is 827. The minimum Gasteiger partial charge on any atom is -0.359 e. The highest BCUT2D eigenvalue weighted by atomic mass is 16.2. The molecule has 2 fully saturated rings. The molecular weight excluding hydrogens is 320 g/mol. The Morgan fingerprint density at radius 2 is 2.24 bits per heavy atom. The lowest BCUT2D eigenvalue weighted by atomic mass is 9.99. The number of H-pyrrole nitrogens is 1. The van der Waals surface area contributed by atoms with Crippen molar-refractivity contribution in [3.8, 4) is 0 Å². The number of hydrogen-bond acceptors (Lipinski definition) is 5. The third-order valence-electron chi connectivity index (χ3n) is 5.58. The van der Waals surface area contributed by atoms with Crippen molar-refractivity contribution in [3.05, 3.63) is 18.6 Å². The molecule has 0 radical (unpaired) electrons. The van der Waals surface area contributed by atoms with Crippen LogP contribution in [-0.4, -0.2) is 64.9 Å². The van der Waals surface area contributed by atoms with E-state index in [1.165, 1.54) is 0 Å². The third-order valence-corrected chi connectivity index (χ3v) is 5.58. The van der Waals surface area contributed by atoms with Crippen LogP contribution in [0.2, 0.25) is 0 Å². The van der Waals surface area contributed by atoms with Gasteiger partial charge in [-0.3, -0.25) is 9.59 Å². The van der Waals surface area contributed by atoms with Crippen LogP contribution in [0.3, 0.4) is 0 Å². The third kappa shape index (κ3) is 2.61. The minimum atomic E-state index is -0.239. The number of fused-ring (bicyclic) bond motifs is 1. The molecule has 2 amide bonds. The summed E-state index contributed by atoms with van der Waals surface area (Å²) in [5.41, 5.74) is 0.938. The zero-order valence-corrected chi connectivity index (χ0v) is 14.5. The first-order valence-electron chi connectivity index (χ1n) is 8.53. The molecule has 0 aromatic carbocycles. The lowest BCUT2D eigenvalue weighted by molar-refractivity contribution is -0.135. The van der Waals surface area contributed by atoms with E-state index in [0.717, 1.165) is 36.2 Å². The number of nitrogens with zero attached hydrogens (tertiary/aromatic N) is 4. The van der Waals surface area contributed by atoms with Crippen molar-refractivity contribution in [3.63, 3.8) is 0 Å². The van der Waals surface area contributed by atoms with Gasteiger partial charge in [0.2, 0.25) is 11.8 Å². The molecule has 1 aliphatic heterocycles. The molecule has 0 bridgehead atoms. The fourth-order valence-corrected chi connectivity index (χ4v) is 3.95. The Balaban J connectivity index is 1.57. The van der Waals surface area contributed by atoms with E-state index in [2.05, 4.69) is 25.2 Å². The largest absolute Gasteiger partial charge is 0.359 e. The van der Waals surface area contributed by atoms with E-state index in [1.807, 2.05) is 24.2 Å². The average Bonchev–Trinajstić information content (AvgIpc) is 3.06. The van der Waals surface area contributed by atoms with Gasteiger partial charge in [0.25, 0.3) is 0 Å². The van der Waals surface area contributed by atoms with Crippen molar-refractivity contribution in [1.29, 1.82) is 0 Å². The minimum absolute atomic E-state index is 0.0847. The van der Waals surface area contributed by atoms with Crippen molar-refractivity contribution in [1.82, 2.24) is 25.2 Å². The van der Waals surface area contributed by atoms with Crippen LogP contribution in [0.4, 0.5) is 5.82 Å². The molecule has 2 aromatic rings. The molecule has 1 spiro atoms. The number of anilines is 1. The SMILES string of the molecule is CNC(=O)CC(=O)N1C[C@H](N(C)c2ncnc3[nH]ccc23)C2(CC2)C1. The molecule has 1 atom stereocenters. The molecule has 0 unspecified atom stereocenters. The second kappa shape index (κ2) is 5.72. The molecule has 8 heteroatoms. The molecule has 2 N–H and O–H groups in total. The average molecular weight is 342 g/mol. The summed E-state index contributed by atoms with van der Waals surface area (Å²) in [5.74, 6) is 0.538. The Morgan fingerprint density at radius 3 is 2.96 bits per heavy atom. The second-order valence-electron chi connectivity index (χ2n) is 7.05. The number of likely N-dealkylation sites (N-methyl/N-ethyl adjacent to an activating group) is 1. The summed E-state index contributed by atoms with van der Waals surface area (Å²) in [6, 6.07) is 2.18. The Hall–Kier alpha value is -2.64. The van der Waals surface area contributed by atoms with Gasteiger partial charge in [0.1, 0.15) is 24.2 Å². The quantitative estimate of drug-likeness (QED) is 0.790. The monoisotopic (exact) mass is 342 g/mol. The van der Waals surface area contributed by atoms with Gasteiger partial charge in [-0.2, -0.15) is 0 Å². The van der Waals surface area contributed by atoms with Crippen LogP contribution in [-0.2, 0) is 9.59 Å². The van der Waals surface area contributed by atoms with Crippen LogP contribution in [0.1, 0.15) is 19.3 Å². The number of nitrogens with one attached hydrogen (secondary N) is 2. The van der Waals surface area contributed by atoms with E-state index < -0.39 is 0 Å². The molecule has 1 aliphatic carbocycles. The van der Waals surface area contributed by atoms with Crippen LogP contribution < -0.4 is 10.2 Å². The van der Waals surface area contributed by atoms with Crippen molar-refractivity contribution in [2.75, 3.05) is 32.1 Å². The summed E-state index contributed by atoms with van der Waals surface area (Å²) >= 11 is 0. The number of hydrogen-bond donors (Lipinski definition) is 2. The summed E-state index contributed by atoms with van der Waals surface area (Å²) in [4.78, 5) is 39.8. The predicted molar refractivity (Wildman–Crippen MR) is 93.0 cm³/mol. The maximum absolute atomic E-state index is 12.4. The van der Waals surface area contributed by atoms with E-state index in [-0.39, 0.29) is 29.7 Å². The molecular formula is C17H22N6O2. The highest BCUT2D eigenvalue weighted by molar-refractivity contribution is 5.97. The highest BCUT2D eigenvalue weighted by Crippen LogP contribution is 2.55. The first kappa shape index (κ1) is 15.9. The van der Waals surface area contributed by atoms with Crippen LogP contribution in [0.25, 0.3) is 11.0 Å². The summed E-state index contributed by atoms with van der Waals surface area (Å²) in [7, 11) is 3.59. The van der Waals surface area contributed by atoms with E-state index >= 15 is 0 Å². The topological polar surface area (TPSA) is 94.2 Å². The van der Waals surface area contributed by atoms with E-state index in [4.69, 9.17) is 0 Å². The van der Waals surface area contributed by atoms with E-state index in [9.17, 15) is 9.59 Å². The number of aromatic amines is 1. The van der Waals surface area contributed by atoms with Gasteiger partial charge in [0.05, 0.1) is 11.4 Å². The molecule has 2 aromatic heterocycles. The lowest BCUT2D eigenvalue weighted by Crippen LogP contribution is -2.40. The highest BCUT2D eigenvalue weighted by Gasteiger charge is 2.57. The number of carbonyl (C=O) groups is 2. The molecule has 1 saturated carbocycles. The van der Waals surface area contributed by atoms with Crippen LogP contribution >= 0.6 is 0 Å². The predicted octanol–water partition coefficient (Wildman–Crippen LogP) is 0.521. The summed E-state index contributed by atoms with van der Waals surface area (Å²) < 4.78 is 0. The standard InChI is InChI=1S/C17H22N6O2/c1-18-13(24)7-14(25)23-8-12(17(9-23)4-5-17)22(2)16-11-3-6-19-15(11)20-10-21-16/h3,6,10,12H,4-5,7-9H2,1-2H3,(H,18,24)(H,19,20,21)/t12-/m0/s1. The van der Waals surface area contributed by atoms with Gasteiger partial charge in [0.15, 0.2) is 0 Å². The van der Waals surface area contributed by atoms with Gasteiger partial charge in [0, 0.05) is 38.8 Å². The van der Waals surface area contributed by atoms with Crippen molar-refractivity contribution < 1.29 is 9.59 Å². The van der Waals surface area contributed by atoms with Crippen molar-refractivity contribution in [2.24, 2.45) is 5.41 Å². The second-order valence-corrected chi connectivity index (χ2v) is 7.05. The lowest BCUT2D eigenvalue weighted by Gasteiger charge is -2.30. The van der Waals surface area contributed by atoms with Gasteiger partial charge in [-0.25, -0.2) is 9.97 Å². The first-order valence-corrected chi connectivity index (χ1v) is 8.53. The Morgan fingerprint density at radius 1 is 1.44 bits per heavy atom. The van der Waals surface area contributed by atoms with Gasteiger partial charge in [-0.05, 0) is 18.9 Å². The van der Waals surface area contributed by atoms with Gasteiger partial charge >= 0.3 is 0 Å². The van der Waals surface area contributed by atoms with Crippen molar-refractivity contribution >= 4 is 28.7 Å². The van der Waals surface area contributed by atoms with Crippen LogP contribution in [0.15, 0.2) is 18.6 Å². The van der Waals surface area contributed by atoms with Crippen molar-refractivity contribution in [2.45, 2.75) is 25.3 Å². The molecule has 25 heavy (non-hydrogen) atoms. The maximum Gasteiger partial charge on any atom is 0.232 e. The summed E-state index contributed by atoms with van der Waals surface area (Å²) in [5, 5.41) is 3.50. The van der Waals surface area contributed by atoms with Gasteiger partial charge < -0.3 is 20.1 Å². The number of likely N-dealkylation sites (tertiary alicyclic amines) is 1. The number of rotatable bonds is 4. The number of carbonyl (C=O) groups excluding carboxylic acids is 2. The van der Waals surface area contributed by atoms with E-state index in [0.29, 0.717) is 6.54 Å². The van der Waals surface area contributed by atoms with Crippen LogP contribution in [0, 0.1) is 5.41 Å². The molecule has 8 nitrogen and oxygen atoms in total. The molecule has 132 valence electrons. The molecule has 1 saturated heterocycles. The fourth-order valence-electron chi connectivity index (χ4n) is 3.95. The first-order chi connectivity index (χ1) is 12.0. The molecule has 2 aliphatic rings. The Labute approximate surface area is 145 Å². The van der Waals surface area contributed by atoms with Crippen LogP contribution in [0.5, 0.6) is 0 Å². The zero-order valence-electron chi connectivity index (χ0n) is 14.5. The smallest absolute Gasteiger partial charge is 0.232 e. The van der Waals surface area contributed by atoms with Gasteiger partial charge in [-0.15, -0.1) is 0 Å². The zero-order chi connectivity index (χ0) is 17.6. The van der Waals surface area contributed by atoms with E-state index in [1.54, 1.807) is 13.4 Å². The summed E-state index contributed by atoms with van der Waals surface area (Å²) in [6.07, 6.45) is 5.55. The molecule has 3 heterocycles. The number of aromatic nitrogens is 3. The normalized spacial score (nSPS) is 20.9. The summed E-state index contributed by atoms with van der Waals surface area (Å²) in [6.45, 7) is 1.35. The maximum atomic E-state index is 12.4. The fraction of sp³-hybridized carbons (Fsp3) is 0.529.